The molecule has 4 heteroatoms. The number of alkyl halides is 1. The van der Waals surface area contributed by atoms with E-state index in [1.54, 1.807) is 6.07 Å². The monoisotopic (exact) mass is 328 g/mol. The summed E-state index contributed by atoms with van der Waals surface area (Å²) in [7, 11) is 1.50. The van der Waals surface area contributed by atoms with Crippen molar-refractivity contribution in [2.45, 2.75) is 5.38 Å². The molecule has 1 atom stereocenters. The zero-order valence-electron chi connectivity index (χ0n) is 9.66. The molecule has 1 nitrogen and oxygen atoms in total. The van der Waals surface area contributed by atoms with Gasteiger partial charge >= 0.3 is 0 Å². The van der Waals surface area contributed by atoms with Crippen LogP contribution in [-0.4, -0.2) is 7.11 Å². The van der Waals surface area contributed by atoms with Crippen LogP contribution in [0.25, 0.3) is 0 Å². The van der Waals surface area contributed by atoms with Gasteiger partial charge < -0.3 is 4.74 Å². The van der Waals surface area contributed by atoms with Crippen LogP contribution in [0, 0.1) is 5.82 Å². The van der Waals surface area contributed by atoms with Gasteiger partial charge in [0.05, 0.1) is 17.0 Å². The largest absolute Gasteiger partial charge is 0.496 e. The normalized spacial score (nSPS) is 12.2. The topological polar surface area (TPSA) is 9.23 Å². The minimum Gasteiger partial charge on any atom is -0.496 e. The first kappa shape index (κ1) is 13.4. The molecule has 0 spiro atoms. The molecular weight excluding hydrogens is 319 g/mol. The van der Waals surface area contributed by atoms with Crippen LogP contribution in [0.15, 0.2) is 46.9 Å². The molecule has 0 bridgehead atoms. The lowest BCUT2D eigenvalue weighted by Crippen LogP contribution is -1.98. The van der Waals surface area contributed by atoms with Gasteiger partial charge in [-0.2, -0.15) is 0 Å². The molecule has 18 heavy (non-hydrogen) atoms. The second-order valence-electron chi connectivity index (χ2n) is 3.78. The van der Waals surface area contributed by atoms with Gasteiger partial charge in [0.2, 0.25) is 0 Å². The fourth-order valence-corrected chi connectivity index (χ4v) is 2.40. The summed E-state index contributed by atoms with van der Waals surface area (Å²) in [5.74, 6) is 0.0760. The summed E-state index contributed by atoms with van der Waals surface area (Å²) in [6.07, 6.45) is 0. The van der Waals surface area contributed by atoms with Crippen molar-refractivity contribution >= 4 is 27.5 Å². The number of benzene rings is 2. The van der Waals surface area contributed by atoms with Gasteiger partial charge in [-0.05, 0) is 27.6 Å². The van der Waals surface area contributed by atoms with Gasteiger partial charge in [-0.1, -0.05) is 30.3 Å². The van der Waals surface area contributed by atoms with Crippen molar-refractivity contribution in [2.75, 3.05) is 7.11 Å². The molecular formula is C14H11BrClFO. The molecule has 0 aliphatic carbocycles. The second-order valence-corrected chi connectivity index (χ2v) is 5.07. The maximum absolute atomic E-state index is 13.4. The van der Waals surface area contributed by atoms with Gasteiger partial charge in [0.25, 0.3) is 0 Å². The van der Waals surface area contributed by atoms with Crippen molar-refractivity contribution in [3.8, 4) is 5.75 Å². The summed E-state index contributed by atoms with van der Waals surface area (Å²) >= 11 is 9.58. The summed E-state index contributed by atoms with van der Waals surface area (Å²) in [6.45, 7) is 0. The highest BCUT2D eigenvalue weighted by atomic mass is 79.9. The number of rotatable bonds is 3. The third-order valence-electron chi connectivity index (χ3n) is 2.64. The molecule has 0 aliphatic rings. The molecule has 0 radical (unpaired) electrons. The molecule has 2 aromatic carbocycles. The average molecular weight is 330 g/mol. The molecule has 2 aromatic rings. The Balaban J connectivity index is 2.47. The number of halogens is 3. The summed E-state index contributed by atoms with van der Waals surface area (Å²) in [5, 5.41) is -0.377. The van der Waals surface area contributed by atoms with E-state index < -0.39 is 0 Å². The first-order valence-corrected chi connectivity index (χ1v) is 6.58. The van der Waals surface area contributed by atoms with Gasteiger partial charge in [-0.15, -0.1) is 11.6 Å². The molecule has 1 unspecified atom stereocenters. The van der Waals surface area contributed by atoms with Crippen LogP contribution < -0.4 is 4.74 Å². The Morgan fingerprint density at radius 3 is 2.50 bits per heavy atom. The van der Waals surface area contributed by atoms with Gasteiger partial charge in [0, 0.05) is 11.6 Å². The van der Waals surface area contributed by atoms with Crippen molar-refractivity contribution in [3.63, 3.8) is 0 Å². The van der Waals surface area contributed by atoms with Crippen molar-refractivity contribution in [1.82, 2.24) is 0 Å². The number of methoxy groups -OCH3 is 1. The van der Waals surface area contributed by atoms with Crippen LogP contribution in [0.1, 0.15) is 16.5 Å². The van der Waals surface area contributed by atoms with E-state index in [-0.39, 0.29) is 11.2 Å². The molecule has 0 saturated heterocycles. The molecule has 2 rings (SSSR count). The maximum atomic E-state index is 13.4. The standard InChI is InChI=1S/C14H11BrClFO/c1-18-13-8-12(17)11(15)7-10(13)14(16)9-5-3-2-4-6-9/h2-8,14H,1H3. The predicted octanol–water partition coefficient (Wildman–Crippen LogP) is 4.93. The van der Waals surface area contributed by atoms with E-state index >= 15 is 0 Å². The first-order valence-electron chi connectivity index (χ1n) is 5.35. The first-order chi connectivity index (χ1) is 8.63. The van der Waals surface area contributed by atoms with Gasteiger partial charge in [0.1, 0.15) is 11.6 Å². The molecule has 0 fully saturated rings. The van der Waals surface area contributed by atoms with E-state index in [0.29, 0.717) is 10.2 Å². The Kier molecular flexibility index (Phi) is 4.25. The van der Waals surface area contributed by atoms with Crippen LogP contribution in [0.2, 0.25) is 0 Å². The molecule has 0 aliphatic heterocycles. The third-order valence-corrected chi connectivity index (χ3v) is 3.73. The average Bonchev–Trinajstić information content (AvgIpc) is 2.41. The zero-order chi connectivity index (χ0) is 13.1. The van der Waals surface area contributed by atoms with Crippen molar-refractivity contribution in [2.24, 2.45) is 0 Å². The van der Waals surface area contributed by atoms with Crippen LogP contribution in [0.5, 0.6) is 5.75 Å². The van der Waals surface area contributed by atoms with Gasteiger partial charge in [-0.3, -0.25) is 0 Å². The van der Waals surface area contributed by atoms with E-state index in [0.717, 1.165) is 11.1 Å². The molecule has 0 amide bonds. The third kappa shape index (κ3) is 2.68. The summed E-state index contributed by atoms with van der Waals surface area (Å²) in [4.78, 5) is 0. The van der Waals surface area contributed by atoms with Crippen LogP contribution >= 0.6 is 27.5 Å². The predicted molar refractivity (Wildman–Crippen MR) is 74.8 cm³/mol. The maximum Gasteiger partial charge on any atom is 0.141 e. The highest BCUT2D eigenvalue weighted by Crippen LogP contribution is 2.37. The van der Waals surface area contributed by atoms with Crippen LogP contribution in [0.3, 0.4) is 0 Å². The molecule has 0 N–H and O–H groups in total. The van der Waals surface area contributed by atoms with Crippen molar-refractivity contribution in [1.29, 1.82) is 0 Å². The second kappa shape index (κ2) is 5.72. The van der Waals surface area contributed by atoms with Crippen molar-refractivity contribution < 1.29 is 9.13 Å². The van der Waals surface area contributed by atoms with E-state index in [1.165, 1.54) is 13.2 Å². The summed E-state index contributed by atoms with van der Waals surface area (Å²) in [6, 6.07) is 12.6. The quantitative estimate of drug-likeness (QED) is 0.726. The van der Waals surface area contributed by atoms with E-state index in [1.807, 2.05) is 30.3 Å². The lowest BCUT2D eigenvalue weighted by Gasteiger charge is -2.15. The van der Waals surface area contributed by atoms with Crippen LogP contribution in [-0.2, 0) is 0 Å². The Morgan fingerprint density at radius 1 is 1.22 bits per heavy atom. The fourth-order valence-electron chi connectivity index (χ4n) is 1.72. The fraction of sp³-hybridized carbons (Fsp3) is 0.143. The van der Waals surface area contributed by atoms with E-state index in [2.05, 4.69) is 15.9 Å². The lowest BCUT2D eigenvalue weighted by atomic mass is 10.0. The number of ether oxygens (including phenoxy) is 1. The SMILES string of the molecule is COc1cc(F)c(Br)cc1C(Cl)c1ccccc1. The highest BCUT2D eigenvalue weighted by molar-refractivity contribution is 9.10. The Bertz CT molecular complexity index is 545. The summed E-state index contributed by atoms with van der Waals surface area (Å²) in [5.41, 5.74) is 1.68. The molecule has 0 heterocycles. The number of hydrogen-bond acceptors (Lipinski definition) is 1. The van der Waals surface area contributed by atoms with E-state index in [9.17, 15) is 4.39 Å². The van der Waals surface area contributed by atoms with Gasteiger partial charge in [0.15, 0.2) is 0 Å². The highest BCUT2D eigenvalue weighted by Gasteiger charge is 2.17. The minimum absolute atomic E-state index is 0.368. The molecule has 0 aromatic heterocycles. The van der Waals surface area contributed by atoms with Crippen LogP contribution in [0.4, 0.5) is 4.39 Å². The zero-order valence-corrected chi connectivity index (χ0v) is 12.0. The van der Waals surface area contributed by atoms with Gasteiger partial charge in [-0.25, -0.2) is 4.39 Å². The minimum atomic E-state index is -0.377. The molecule has 0 saturated carbocycles. The smallest absolute Gasteiger partial charge is 0.141 e. The lowest BCUT2D eigenvalue weighted by molar-refractivity contribution is 0.406. The molecule has 94 valence electrons. The Labute approximate surface area is 119 Å². The summed E-state index contributed by atoms with van der Waals surface area (Å²) < 4.78 is 19.0. The van der Waals surface area contributed by atoms with Crippen molar-refractivity contribution in [3.05, 3.63) is 63.9 Å². The number of hydrogen-bond donors (Lipinski definition) is 0. The van der Waals surface area contributed by atoms with E-state index in [4.69, 9.17) is 16.3 Å². The Morgan fingerprint density at radius 2 is 1.89 bits per heavy atom. The Hall–Kier alpha value is -1.06.